The SMILES string of the molecule is CC(=O)Nc1ccc(SCCCN2CCN(c3ccc(Cl)c(Cl)c3)CC2)cc1. The fraction of sp³-hybridized carbons (Fsp3) is 0.381. The lowest BCUT2D eigenvalue weighted by Crippen LogP contribution is -2.46. The van der Waals surface area contributed by atoms with Crippen LogP contribution in [-0.2, 0) is 4.79 Å². The number of hydrogen-bond acceptors (Lipinski definition) is 4. The van der Waals surface area contributed by atoms with Crippen molar-refractivity contribution in [2.75, 3.05) is 48.7 Å². The lowest BCUT2D eigenvalue weighted by Gasteiger charge is -2.36. The summed E-state index contributed by atoms with van der Waals surface area (Å²) >= 11 is 14.0. The van der Waals surface area contributed by atoms with Gasteiger partial charge in [-0.1, -0.05) is 23.2 Å². The zero-order valence-corrected chi connectivity index (χ0v) is 18.3. The fourth-order valence-electron chi connectivity index (χ4n) is 3.23. The molecule has 2 aromatic rings. The van der Waals surface area contributed by atoms with E-state index in [1.165, 1.54) is 11.8 Å². The summed E-state index contributed by atoms with van der Waals surface area (Å²) in [6.07, 6.45) is 1.16. The number of hydrogen-bond donors (Lipinski definition) is 1. The first-order valence-electron chi connectivity index (χ1n) is 9.44. The van der Waals surface area contributed by atoms with Crippen molar-refractivity contribution in [3.8, 4) is 0 Å². The molecule has 2 aromatic carbocycles. The van der Waals surface area contributed by atoms with E-state index in [4.69, 9.17) is 23.2 Å². The van der Waals surface area contributed by atoms with Crippen LogP contribution in [0.4, 0.5) is 11.4 Å². The first kappa shape index (κ1) is 21.3. The summed E-state index contributed by atoms with van der Waals surface area (Å²) < 4.78 is 0. The molecule has 3 rings (SSSR count). The third-order valence-electron chi connectivity index (χ3n) is 4.70. The van der Waals surface area contributed by atoms with E-state index in [2.05, 4.69) is 27.2 Å². The lowest BCUT2D eigenvalue weighted by molar-refractivity contribution is -0.114. The Morgan fingerprint density at radius 1 is 1.04 bits per heavy atom. The topological polar surface area (TPSA) is 35.6 Å². The Labute approximate surface area is 181 Å². The number of piperazine rings is 1. The highest BCUT2D eigenvalue weighted by atomic mass is 35.5. The van der Waals surface area contributed by atoms with E-state index in [1.807, 2.05) is 42.1 Å². The largest absolute Gasteiger partial charge is 0.369 e. The van der Waals surface area contributed by atoms with Gasteiger partial charge >= 0.3 is 0 Å². The average molecular weight is 438 g/mol. The molecule has 1 N–H and O–H groups in total. The minimum Gasteiger partial charge on any atom is -0.369 e. The second-order valence-electron chi connectivity index (χ2n) is 6.83. The molecule has 7 heteroatoms. The molecule has 4 nitrogen and oxygen atoms in total. The van der Waals surface area contributed by atoms with E-state index in [9.17, 15) is 4.79 Å². The highest BCUT2D eigenvalue weighted by molar-refractivity contribution is 7.99. The van der Waals surface area contributed by atoms with E-state index in [1.54, 1.807) is 0 Å². The van der Waals surface area contributed by atoms with Crippen LogP contribution in [0, 0.1) is 0 Å². The number of anilines is 2. The second kappa shape index (κ2) is 10.4. The third kappa shape index (κ3) is 6.31. The maximum Gasteiger partial charge on any atom is 0.221 e. The Kier molecular flexibility index (Phi) is 7.91. The van der Waals surface area contributed by atoms with Gasteiger partial charge in [0.05, 0.1) is 10.0 Å². The highest BCUT2D eigenvalue weighted by Crippen LogP contribution is 2.28. The van der Waals surface area contributed by atoms with Crippen LogP contribution >= 0.6 is 35.0 Å². The Balaban J connectivity index is 1.35. The Hall–Kier alpha value is -1.40. The standard InChI is InChI=1S/C21H25Cl2N3OS/c1-16(27)24-17-3-6-19(7-4-17)28-14-2-9-25-10-12-26(13-11-25)18-5-8-20(22)21(23)15-18/h3-8,15H,2,9-14H2,1H3,(H,24,27). The van der Waals surface area contributed by atoms with E-state index in [0.29, 0.717) is 10.0 Å². The van der Waals surface area contributed by atoms with Crippen LogP contribution in [0.25, 0.3) is 0 Å². The normalized spacial score (nSPS) is 14.9. The molecule has 28 heavy (non-hydrogen) atoms. The Morgan fingerprint density at radius 3 is 2.39 bits per heavy atom. The van der Waals surface area contributed by atoms with Gasteiger partial charge in [-0.3, -0.25) is 9.69 Å². The summed E-state index contributed by atoms with van der Waals surface area (Å²) in [5.41, 5.74) is 1.99. The van der Waals surface area contributed by atoms with Crippen molar-refractivity contribution in [2.45, 2.75) is 18.2 Å². The molecule has 0 bridgehead atoms. The Bertz CT molecular complexity index is 793. The van der Waals surface area contributed by atoms with Crippen LogP contribution < -0.4 is 10.2 Å². The summed E-state index contributed by atoms with van der Waals surface area (Å²) in [7, 11) is 0. The first-order valence-corrected chi connectivity index (χ1v) is 11.2. The van der Waals surface area contributed by atoms with Crippen molar-refractivity contribution in [1.29, 1.82) is 0 Å². The predicted molar refractivity (Wildman–Crippen MR) is 121 cm³/mol. The van der Waals surface area contributed by atoms with Crippen LogP contribution in [0.3, 0.4) is 0 Å². The van der Waals surface area contributed by atoms with Crippen molar-refractivity contribution in [3.63, 3.8) is 0 Å². The van der Waals surface area contributed by atoms with Crippen LogP contribution in [0.5, 0.6) is 0 Å². The van der Waals surface area contributed by atoms with Crippen molar-refractivity contribution >= 4 is 52.2 Å². The van der Waals surface area contributed by atoms with Gasteiger partial charge in [0.25, 0.3) is 0 Å². The number of carbonyl (C=O) groups excluding carboxylic acids is 1. The lowest BCUT2D eigenvalue weighted by atomic mass is 10.2. The summed E-state index contributed by atoms with van der Waals surface area (Å²) in [5, 5.41) is 4.01. The first-order chi connectivity index (χ1) is 13.5. The molecule has 0 unspecified atom stereocenters. The second-order valence-corrected chi connectivity index (χ2v) is 8.82. The smallest absolute Gasteiger partial charge is 0.221 e. The molecular weight excluding hydrogens is 413 g/mol. The average Bonchev–Trinajstić information content (AvgIpc) is 2.69. The number of halogens is 2. The molecule has 0 aromatic heterocycles. The van der Waals surface area contributed by atoms with Gasteiger partial charge in [-0.05, 0) is 61.2 Å². The van der Waals surface area contributed by atoms with Gasteiger partial charge in [0.15, 0.2) is 0 Å². The van der Waals surface area contributed by atoms with Gasteiger partial charge < -0.3 is 10.2 Å². The predicted octanol–water partition coefficient (Wildman–Crippen LogP) is 5.26. The molecule has 1 aliphatic heterocycles. The number of nitrogens with zero attached hydrogens (tertiary/aromatic N) is 2. The maximum absolute atomic E-state index is 11.1. The van der Waals surface area contributed by atoms with Crippen molar-refractivity contribution < 1.29 is 4.79 Å². The molecule has 0 aliphatic carbocycles. The van der Waals surface area contributed by atoms with Crippen LogP contribution in [0.2, 0.25) is 10.0 Å². The molecule has 1 heterocycles. The minimum atomic E-state index is -0.0420. The minimum absolute atomic E-state index is 0.0420. The number of benzene rings is 2. The number of thioether (sulfide) groups is 1. The van der Waals surface area contributed by atoms with Crippen molar-refractivity contribution in [2.24, 2.45) is 0 Å². The quantitative estimate of drug-likeness (QED) is 0.473. The van der Waals surface area contributed by atoms with Crippen LogP contribution in [0.1, 0.15) is 13.3 Å². The molecule has 1 aliphatic rings. The highest BCUT2D eigenvalue weighted by Gasteiger charge is 2.17. The molecule has 0 spiro atoms. The van der Waals surface area contributed by atoms with Crippen LogP contribution in [0.15, 0.2) is 47.4 Å². The van der Waals surface area contributed by atoms with E-state index in [-0.39, 0.29) is 5.91 Å². The van der Waals surface area contributed by atoms with Gasteiger partial charge in [0.2, 0.25) is 5.91 Å². The number of amides is 1. The molecule has 1 saturated heterocycles. The van der Waals surface area contributed by atoms with E-state index < -0.39 is 0 Å². The van der Waals surface area contributed by atoms with E-state index >= 15 is 0 Å². The molecule has 1 amide bonds. The summed E-state index contributed by atoms with van der Waals surface area (Å²) in [5.74, 6) is 1.05. The van der Waals surface area contributed by atoms with Gasteiger partial charge in [0.1, 0.15) is 0 Å². The zero-order chi connectivity index (χ0) is 19.9. The number of carbonyl (C=O) groups is 1. The van der Waals surface area contributed by atoms with E-state index in [0.717, 1.165) is 56.3 Å². The summed E-state index contributed by atoms with van der Waals surface area (Å²) in [6, 6.07) is 13.9. The number of nitrogens with one attached hydrogen (secondary N) is 1. The van der Waals surface area contributed by atoms with Gasteiger partial charge in [-0.25, -0.2) is 0 Å². The summed E-state index contributed by atoms with van der Waals surface area (Å²) in [4.78, 5) is 17.2. The molecular formula is C21H25Cl2N3OS. The van der Waals surface area contributed by atoms with Gasteiger partial charge in [-0.15, -0.1) is 11.8 Å². The molecule has 0 saturated carbocycles. The molecule has 0 atom stereocenters. The summed E-state index contributed by atoms with van der Waals surface area (Å²) in [6.45, 7) is 6.79. The maximum atomic E-state index is 11.1. The Morgan fingerprint density at radius 2 is 1.75 bits per heavy atom. The fourth-order valence-corrected chi connectivity index (χ4v) is 4.36. The van der Waals surface area contributed by atoms with Crippen molar-refractivity contribution in [3.05, 3.63) is 52.5 Å². The zero-order valence-electron chi connectivity index (χ0n) is 16.0. The third-order valence-corrected chi connectivity index (χ3v) is 6.54. The van der Waals surface area contributed by atoms with Crippen molar-refractivity contribution in [1.82, 2.24) is 4.90 Å². The van der Waals surface area contributed by atoms with Gasteiger partial charge in [0, 0.05) is 49.4 Å². The molecule has 150 valence electrons. The molecule has 0 radical (unpaired) electrons. The monoisotopic (exact) mass is 437 g/mol. The van der Waals surface area contributed by atoms with Crippen LogP contribution in [-0.4, -0.2) is 49.3 Å². The van der Waals surface area contributed by atoms with Gasteiger partial charge in [-0.2, -0.15) is 0 Å². The number of rotatable bonds is 7. The molecule has 1 fully saturated rings.